The largest absolute Gasteiger partial charge is 0.464 e. The number of nitro benzene ring substituents is 1. The Kier molecular flexibility index (Phi) is 8.68. The smallest absolute Gasteiger partial charge is 0.269 e. The second-order valence-corrected chi connectivity index (χ2v) is 7.41. The summed E-state index contributed by atoms with van der Waals surface area (Å²) < 4.78 is 16.2. The number of hydroxylamine groups is 1. The number of carbonyl (C=O) groups excluding carboxylic acids is 2. The molecule has 0 fully saturated rings. The second-order valence-electron chi connectivity index (χ2n) is 7.41. The van der Waals surface area contributed by atoms with Gasteiger partial charge in [0.2, 0.25) is 0 Å². The van der Waals surface area contributed by atoms with Gasteiger partial charge in [0, 0.05) is 35.3 Å². The van der Waals surface area contributed by atoms with Crippen LogP contribution in [0.15, 0.2) is 59.2 Å². The molecule has 11 heteroatoms. The average Bonchev–Trinajstić information content (AvgIpc) is 3.28. The molecule has 3 N–H and O–H groups in total. The van der Waals surface area contributed by atoms with E-state index in [0.29, 0.717) is 23.1 Å². The van der Waals surface area contributed by atoms with Gasteiger partial charge in [-0.15, -0.1) is 0 Å². The van der Waals surface area contributed by atoms with Crippen LogP contribution in [0.25, 0.3) is 11.0 Å². The van der Waals surface area contributed by atoms with Gasteiger partial charge < -0.3 is 19.2 Å². The molecule has 0 radical (unpaired) electrons. The van der Waals surface area contributed by atoms with Crippen LogP contribution in [0, 0.1) is 10.1 Å². The fourth-order valence-electron chi connectivity index (χ4n) is 3.51. The lowest BCUT2D eigenvalue weighted by Gasteiger charge is -2.23. The van der Waals surface area contributed by atoms with E-state index < -0.39 is 28.7 Å². The molecule has 0 aliphatic carbocycles. The highest BCUT2D eigenvalue weighted by Gasteiger charge is 2.29. The van der Waals surface area contributed by atoms with Gasteiger partial charge in [0.15, 0.2) is 0 Å². The summed E-state index contributed by atoms with van der Waals surface area (Å²) in [5, 5.41) is 23.7. The maximum Gasteiger partial charge on any atom is 0.269 e. The van der Waals surface area contributed by atoms with Gasteiger partial charge in [0.05, 0.1) is 29.8 Å². The van der Waals surface area contributed by atoms with Gasteiger partial charge in [-0.25, -0.2) is 5.48 Å². The minimum Gasteiger partial charge on any atom is -0.464 e. The molecule has 0 unspecified atom stereocenters. The van der Waals surface area contributed by atoms with E-state index in [0.717, 1.165) is 0 Å². The SMILES string of the molecule is CCOCOC[C@H](C[C@H](C(=O)NO)c1coc2ccccc12)NC(=O)c1ccc([N+](=O)[O-])cc1. The quantitative estimate of drug-likeness (QED) is 0.120. The average molecular weight is 471 g/mol. The number of rotatable bonds is 12. The zero-order chi connectivity index (χ0) is 24.5. The number of nitrogens with one attached hydrogen (secondary N) is 2. The first-order valence-electron chi connectivity index (χ1n) is 10.6. The van der Waals surface area contributed by atoms with E-state index in [-0.39, 0.29) is 31.1 Å². The monoisotopic (exact) mass is 471 g/mol. The van der Waals surface area contributed by atoms with Crippen molar-refractivity contribution in [2.75, 3.05) is 20.0 Å². The highest BCUT2D eigenvalue weighted by atomic mass is 16.7. The minimum absolute atomic E-state index is 0.00803. The molecule has 3 rings (SSSR count). The molecular formula is C23H25N3O8. The molecule has 180 valence electrons. The van der Waals surface area contributed by atoms with Crippen LogP contribution in [0.5, 0.6) is 0 Å². The molecule has 0 spiro atoms. The van der Waals surface area contributed by atoms with Crippen LogP contribution in [-0.2, 0) is 14.3 Å². The molecule has 34 heavy (non-hydrogen) atoms. The van der Waals surface area contributed by atoms with Gasteiger partial charge in [0.25, 0.3) is 17.5 Å². The molecular weight excluding hydrogens is 446 g/mol. The zero-order valence-electron chi connectivity index (χ0n) is 18.4. The Morgan fingerprint density at radius 1 is 1.15 bits per heavy atom. The number of hydrogen-bond acceptors (Lipinski definition) is 8. The summed E-state index contributed by atoms with van der Waals surface area (Å²) in [4.78, 5) is 35.7. The van der Waals surface area contributed by atoms with Crippen LogP contribution in [0.1, 0.15) is 35.2 Å². The lowest BCUT2D eigenvalue weighted by Crippen LogP contribution is -2.41. The lowest BCUT2D eigenvalue weighted by atomic mass is 9.91. The Morgan fingerprint density at radius 2 is 1.88 bits per heavy atom. The first-order valence-corrected chi connectivity index (χ1v) is 10.6. The van der Waals surface area contributed by atoms with Crippen LogP contribution in [0.3, 0.4) is 0 Å². The van der Waals surface area contributed by atoms with E-state index >= 15 is 0 Å². The Hall–Kier alpha value is -3.80. The van der Waals surface area contributed by atoms with E-state index in [1.165, 1.54) is 30.5 Å². The molecule has 3 aromatic rings. The van der Waals surface area contributed by atoms with Gasteiger partial charge in [-0.3, -0.25) is 24.9 Å². The maximum atomic E-state index is 12.8. The van der Waals surface area contributed by atoms with Gasteiger partial charge in [-0.2, -0.15) is 0 Å². The molecule has 11 nitrogen and oxygen atoms in total. The number of fused-ring (bicyclic) bond motifs is 1. The molecule has 1 aromatic heterocycles. The maximum absolute atomic E-state index is 12.8. The van der Waals surface area contributed by atoms with Crippen molar-refractivity contribution in [1.29, 1.82) is 0 Å². The summed E-state index contributed by atoms with van der Waals surface area (Å²) in [6.45, 7) is 2.26. The summed E-state index contributed by atoms with van der Waals surface area (Å²) in [5.74, 6) is -2.04. The molecule has 0 aliphatic heterocycles. The molecule has 1 heterocycles. The van der Waals surface area contributed by atoms with Crippen molar-refractivity contribution < 1.29 is 33.6 Å². The highest BCUT2D eigenvalue weighted by molar-refractivity contribution is 5.95. The number of carbonyl (C=O) groups is 2. The number of para-hydroxylation sites is 1. The number of non-ortho nitro benzene ring substituents is 1. The summed E-state index contributed by atoms with van der Waals surface area (Å²) >= 11 is 0. The summed E-state index contributed by atoms with van der Waals surface area (Å²) in [7, 11) is 0. The summed E-state index contributed by atoms with van der Waals surface area (Å²) in [6.07, 6.45) is 1.52. The van der Waals surface area contributed by atoms with Gasteiger partial charge in [0.1, 0.15) is 12.4 Å². The first-order chi connectivity index (χ1) is 16.4. The van der Waals surface area contributed by atoms with E-state index in [9.17, 15) is 24.9 Å². The van der Waals surface area contributed by atoms with Crippen LogP contribution in [0.4, 0.5) is 5.69 Å². The van der Waals surface area contributed by atoms with Gasteiger partial charge >= 0.3 is 0 Å². The lowest BCUT2D eigenvalue weighted by molar-refractivity contribution is -0.384. The molecule has 0 saturated heterocycles. The van der Waals surface area contributed by atoms with Crippen molar-refractivity contribution >= 4 is 28.5 Å². The third-order valence-corrected chi connectivity index (χ3v) is 5.20. The minimum atomic E-state index is -0.869. The molecule has 2 amide bonds. The molecule has 2 aromatic carbocycles. The second kappa shape index (κ2) is 11.9. The van der Waals surface area contributed by atoms with E-state index in [1.54, 1.807) is 29.7 Å². The molecule has 0 bridgehead atoms. The predicted octanol–water partition coefficient (Wildman–Crippen LogP) is 3.13. The third-order valence-electron chi connectivity index (χ3n) is 5.20. The van der Waals surface area contributed by atoms with Crippen LogP contribution in [-0.4, -0.2) is 48.0 Å². The van der Waals surface area contributed by atoms with E-state index in [1.807, 2.05) is 6.92 Å². The van der Waals surface area contributed by atoms with Crippen molar-refractivity contribution in [3.63, 3.8) is 0 Å². The first kappa shape index (κ1) is 24.8. The number of benzene rings is 2. The number of hydrogen-bond donors (Lipinski definition) is 3. The Labute approximate surface area is 194 Å². The molecule has 0 saturated carbocycles. The Morgan fingerprint density at radius 3 is 2.56 bits per heavy atom. The van der Waals surface area contributed by atoms with Gasteiger partial charge in [-0.05, 0) is 31.5 Å². The van der Waals surface area contributed by atoms with Crippen molar-refractivity contribution in [2.45, 2.75) is 25.3 Å². The molecule has 0 aliphatic rings. The van der Waals surface area contributed by atoms with E-state index in [4.69, 9.17) is 13.9 Å². The van der Waals surface area contributed by atoms with Crippen LogP contribution >= 0.6 is 0 Å². The topological polar surface area (TPSA) is 153 Å². The zero-order valence-corrected chi connectivity index (χ0v) is 18.4. The Balaban J connectivity index is 1.82. The third kappa shape index (κ3) is 6.16. The number of ether oxygens (including phenoxy) is 2. The standard InChI is InChI=1S/C23H25N3O8/c1-2-32-14-33-12-16(24-22(27)15-7-9-17(10-8-15)26(30)31)11-19(23(28)25-29)20-13-34-21-6-4-3-5-18(20)21/h3-10,13,16,19,29H,2,11-12,14H2,1H3,(H,24,27)(H,25,28)/t16-,19-/m0/s1. The summed E-state index contributed by atoms with van der Waals surface area (Å²) in [5.41, 5.74) is 2.86. The van der Waals surface area contributed by atoms with Crippen molar-refractivity contribution in [3.05, 3.63) is 76.0 Å². The Bertz CT molecular complexity index is 1130. The fourth-order valence-corrected chi connectivity index (χ4v) is 3.51. The van der Waals surface area contributed by atoms with Gasteiger partial charge in [-0.1, -0.05) is 18.2 Å². The van der Waals surface area contributed by atoms with Crippen molar-refractivity contribution in [1.82, 2.24) is 10.8 Å². The number of nitrogens with zero attached hydrogens (tertiary/aromatic N) is 1. The van der Waals surface area contributed by atoms with Crippen molar-refractivity contribution in [2.24, 2.45) is 0 Å². The van der Waals surface area contributed by atoms with Crippen LogP contribution < -0.4 is 10.8 Å². The summed E-state index contributed by atoms with van der Waals surface area (Å²) in [6, 6.07) is 11.6. The number of amides is 2. The number of nitro groups is 1. The van der Waals surface area contributed by atoms with Crippen LogP contribution in [0.2, 0.25) is 0 Å². The predicted molar refractivity (Wildman–Crippen MR) is 120 cm³/mol. The normalized spacial score (nSPS) is 12.8. The highest BCUT2D eigenvalue weighted by Crippen LogP contribution is 2.31. The van der Waals surface area contributed by atoms with Crippen molar-refractivity contribution in [3.8, 4) is 0 Å². The fraction of sp³-hybridized carbons (Fsp3) is 0.304. The van der Waals surface area contributed by atoms with E-state index in [2.05, 4.69) is 5.32 Å². The number of furan rings is 1. The molecule has 2 atom stereocenters.